The monoisotopic (exact) mass is 305 g/mol. The van der Waals surface area contributed by atoms with Gasteiger partial charge in [0.05, 0.1) is 12.7 Å². The predicted molar refractivity (Wildman–Crippen MR) is 67.3 cm³/mol. The molecule has 1 aromatic rings. The van der Waals surface area contributed by atoms with E-state index in [0.717, 1.165) is 6.54 Å². The molecule has 1 N–H and O–H groups in total. The van der Waals surface area contributed by atoms with Crippen LogP contribution < -0.4 is 5.32 Å². The Kier molecular flexibility index (Phi) is 5.44. The normalized spacial score (nSPS) is 12.8. The van der Waals surface area contributed by atoms with Crippen molar-refractivity contribution < 1.29 is 4.74 Å². The fourth-order valence-electron chi connectivity index (χ4n) is 1.17. The minimum Gasteiger partial charge on any atom is -0.373 e. The fraction of sp³-hybridized carbons (Fsp3) is 0.455. The molecular weight excluding hydrogens is 289 g/mol. The molecule has 0 fully saturated rings. The number of nitrogens with one attached hydrogen (secondary N) is 1. The number of rotatable bonds is 5. The predicted octanol–water partition coefficient (Wildman–Crippen LogP) is 2.42. The first-order chi connectivity index (χ1) is 6.72. The van der Waals surface area contributed by atoms with Gasteiger partial charge in [0.25, 0.3) is 0 Å². The summed E-state index contributed by atoms with van der Waals surface area (Å²) in [7, 11) is 1.94. The number of halogens is 1. The van der Waals surface area contributed by atoms with Gasteiger partial charge in [-0.3, -0.25) is 0 Å². The summed E-state index contributed by atoms with van der Waals surface area (Å²) in [5.74, 6) is 0. The third kappa shape index (κ3) is 4.39. The zero-order valence-electron chi connectivity index (χ0n) is 8.59. The molecule has 2 nitrogen and oxygen atoms in total. The lowest BCUT2D eigenvalue weighted by atomic mass is 10.2. The van der Waals surface area contributed by atoms with Gasteiger partial charge >= 0.3 is 0 Å². The molecule has 78 valence electrons. The van der Waals surface area contributed by atoms with E-state index in [9.17, 15) is 0 Å². The minimum absolute atomic E-state index is 0.263. The fourth-order valence-corrected chi connectivity index (χ4v) is 1.53. The largest absolute Gasteiger partial charge is 0.373 e. The molecule has 0 spiro atoms. The van der Waals surface area contributed by atoms with Gasteiger partial charge in [-0.1, -0.05) is 12.1 Å². The van der Waals surface area contributed by atoms with Gasteiger partial charge in [0, 0.05) is 10.1 Å². The average Bonchev–Trinajstić information content (AvgIpc) is 2.17. The lowest BCUT2D eigenvalue weighted by molar-refractivity contribution is 0.0545. The van der Waals surface area contributed by atoms with Crippen LogP contribution in [-0.2, 0) is 11.3 Å². The Morgan fingerprint density at radius 1 is 1.36 bits per heavy atom. The van der Waals surface area contributed by atoms with Crippen LogP contribution in [0, 0.1) is 3.57 Å². The van der Waals surface area contributed by atoms with Crippen LogP contribution in [0.2, 0.25) is 0 Å². The van der Waals surface area contributed by atoms with E-state index in [0.29, 0.717) is 6.61 Å². The summed E-state index contributed by atoms with van der Waals surface area (Å²) in [5, 5.41) is 3.09. The number of benzene rings is 1. The molecule has 1 unspecified atom stereocenters. The average molecular weight is 305 g/mol. The van der Waals surface area contributed by atoms with Gasteiger partial charge in [0.15, 0.2) is 0 Å². The number of hydrogen-bond acceptors (Lipinski definition) is 2. The van der Waals surface area contributed by atoms with Crippen molar-refractivity contribution in [2.75, 3.05) is 13.6 Å². The number of ether oxygens (including phenoxy) is 1. The van der Waals surface area contributed by atoms with Crippen LogP contribution in [0.25, 0.3) is 0 Å². The molecule has 0 aliphatic rings. The topological polar surface area (TPSA) is 21.3 Å². The number of likely N-dealkylation sites (N-methyl/N-ethyl adjacent to an activating group) is 1. The van der Waals surface area contributed by atoms with Crippen molar-refractivity contribution in [3.8, 4) is 0 Å². The van der Waals surface area contributed by atoms with E-state index in [1.807, 2.05) is 7.05 Å². The standard InChI is InChI=1S/C11H16INO/c1-9(7-13-2)14-8-10-3-5-11(12)6-4-10/h3-6,9,13H,7-8H2,1-2H3. The summed E-state index contributed by atoms with van der Waals surface area (Å²) >= 11 is 2.30. The van der Waals surface area contributed by atoms with Crippen LogP contribution in [-0.4, -0.2) is 19.7 Å². The Morgan fingerprint density at radius 3 is 2.57 bits per heavy atom. The zero-order chi connectivity index (χ0) is 10.4. The molecule has 0 saturated carbocycles. The first-order valence-corrected chi connectivity index (χ1v) is 5.81. The van der Waals surface area contributed by atoms with E-state index >= 15 is 0 Å². The van der Waals surface area contributed by atoms with Crippen molar-refractivity contribution in [3.05, 3.63) is 33.4 Å². The van der Waals surface area contributed by atoms with Crippen LogP contribution in [0.5, 0.6) is 0 Å². The molecule has 0 amide bonds. The zero-order valence-corrected chi connectivity index (χ0v) is 10.7. The Bertz CT molecular complexity index is 260. The molecule has 1 rings (SSSR count). The minimum atomic E-state index is 0.263. The third-order valence-corrected chi connectivity index (χ3v) is 2.66. The molecule has 0 aliphatic carbocycles. The second-order valence-corrected chi connectivity index (χ2v) is 4.55. The van der Waals surface area contributed by atoms with Crippen molar-refractivity contribution in [2.24, 2.45) is 0 Å². The molecule has 0 heterocycles. The molecular formula is C11H16INO. The molecule has 3 heteroatoms. The van der Waals surface area contributed by atoms with Gasteiger partial charge in [-0.2, -0.15) is 0 Å². The lowest BCUT2D eigenvalue weighted by Crippen LogP contribution is -2.23. The van der Waals surface area contributed by atoms with E-state index in [1.165, 1.54) is 9.13 Å². The van der Waals surface area contributed by atoms with Gasteiger partial charge in [-0.05, 0) is 54.3 Å². The maximum absolute atomic E-state index is 5.64. The van der Waals surface area contributed by atoms with Gasteiger partial charge in [0.1, 0.15) is 0 Å². The van der Waals surface area contributed by atoms with Crippen LogP contribution in [0.3, 0.4) is 0 Å². The van der Waals surface area contributed by atoms with Crippen LogP contribution in [0.15, 0.2) is 24.3 Å². The summed E-state index contributed by atoms with van der Waals surface area (Å²) in [6.45, 7) is 3.66. The molecule has 1 atom stereocenters. The van der Waals surface area contributed by atoms with Crippen molar-refractivity contribution in [3.63, 3.8) is 0 Å². The van der Waals surface area contributed by atoms with Crippen molar-refractivity contribution in [2.45, 2.75) is 19.6 Å². The Labute approximate surface area is 99.2 Å². The van der Waals surface area contributed by atoms with Gasteiger partial charge in [0.2, 0.25) is 0 Å². The highest BCUT2D eigenvalue weighted by atomic mass is 127. The van der Waals surface area contributed by atoms with E-state index in [4.69, 9.17) is 4.74 Å². The number of hydrogen-bond donors (Lipinski definition) is 1. The maximum atomic E-state index is 5.64. The summed E-state index contributed by atoms with van der Waals surface area (Å²) in [4.78, 5) is 0. The van der Waals surface area contributed by atoms with Gasteiger partial charge in [-0.25, -0.2) is 0 Å². The first kappa shape index (κ1) is 11.9. The second kappa shape index (κ2) is 6.37. The molecule has 14 heavy (non-hydrogen) atoms. The van der Waals surface area contributed by atoms with Crippen molar-refractivity contribution in [1.29, 1.82) is 0 Å². The Morgan fingerprint density at radius 2 is 2.00 bits per heavy atom. The highest BCUT2D eigenvalue weighted by molar-refractivity contribution is 14.1. The molecule has 0 saturated heterocycles. The molecule has 0 aromatic heterocycles. The van der Waals surface area contributed by atoms with Gasteiger partial charge < -0.3 is 10.1 Å². The summed E-state index contributed by atoms with van der Waals surface area (Å²) < 4.78 is 6.90. The second-order valence-electron chi connectivity index (χ2n) is 3.31. The molecule has 0 aliphatic heterocycles. The molecule has 1 aromatic carbocycles. The highest BCUT2D eigenvalue weighted by Crippen LogP contribution is 2.08. The van der Waals surface area contributed by atoms with E-state index in [-0.39, 0.29) is 6.10 Å². The van der Waals surface area contributed by atoms with E-state index in [1.54, 1.807) is 0 Å². The Hall–Kier alpha value is -0.130. The first-order valence-electron chi connectivity index (χ1n) is 4.73. The van der Waals surface area contributed by atoms with Crippen molar-refractivity contribution in [1.82, 2.24) is 5.32 Å². The van der Waals surface area contributed by atoms with E-state index in [2.05, 4.69) is 59.1 Å². The Balaban J connectivity index is 2.34. The summed E-state index contributed by atoms with van der Waals surface area (Å²) in [5.41, 5.74) is 1.23. The van der Waals surface area contributed by atoms with Crippen molar-refractivity contribution >= 4 is 22.6 Å². The van der Waals surface area contributed by atoms with Gasteiger partial charge in [-0.15, -0.1) is 0 Å². The smallest absolute Gasteiger partial charge is 0.0721 e. The highest BCUT2D eigenvalue weighted by Gasteiger charge is 2.00. The SMILES string of the molecule is CNCC(C)OCc1ccc(I)cc1. The quantitative estimate of drug-likeness (QED) is 0.844. The van der Waals surface area contributed by atoms with Crippen LogP contribution in [0.4, 0.5) is 0 Å². The third-order valence-electron chi connectivity index (χ3n) is 1.94. The molecule has 0 bridgehead atoms. The lowest BCUT2D eigenvalue weighted by Gasteiger charge is -2.12. The molecule has 0 radical (unpaired) electrons. The van der Waals surface area contributed by atoms with E-state index < -0.39 is 0 Å². The van der Waals surface area contributed by atoms with Crippen LogP contribution in [0.1, 0.15) is 12.5 Å². The summed E-state index contributed by atoms with van der Waals surface area (Å²) in [6.07, 6.45) is 0.263. The maximum Gasteiger partial charge on any atom is 0.0721 e. The summed E-state index contributed by atoms with van der Waals surface area (Å²) in [6, 6.07) is 8.41. The van der Waals surface area contributed by atoms with Crippen LogP contribution >= 0.6 is 22.6 Å².